The van der Waals surface area contributed by atoms with Crippen molar-refractivity contribution < 1.29 is 14.3 Å². The quantitative estimate of drug-likeness (QED) is 0.619. The van der Waals surface area contributed by atoms with Gasteiger partial charge in [-0.15, -0.1) is 11.8 Å². The van der Waals surface area contributed by atoms with E-state index in [4.69, 9.17) is 15.2 Å². The van der Waals surface area contributed by atoms with Crippen molar-refractivity contribution in [2.45, 2.75) is 42.9 Å². The van der Waals surface area contributed by atoms with E-state index in [1.165, 1.54) is 0 Å². The summed E-state index contributed by atoms with van der Waals surface area (Å²) in [5, 5.41) is 0.196. The lowest BCUT2D eigenvalue weighted by Gasteiger charge is -2.25. The van der Waals surface area contributed by atoms with Gasteiger partial charge in [-0.1, -0.05) is 13.0 Å². The van der Waals surface area contributed by atoms with E-state index in [9.17, 15) is 4.79 Å². The van der Waals surface area contributed by atoms with Crippen LogP contribution in [-0.2, 0) is 9.53 Å². The highest BCUT2D eigenvalue weighted by Crippen LogP contribution is 2.30. The van der Waals surface area contributed by atoms with Crippen LogP contribution in [0.2, 0.25) is 0 Å². The van der Waals surface area contributed by atoms with Gasteiger partial charge in [0.2, 0.25) is 0 Å². The second-order valence-electron chi connectivity index (χ2n) is 4.95. The number of thioether (sulfide) groups is 1. The second-order valence-corrected chi connectivity index (χ2v) is 6.46. The third-order valence-corrected chi connectivity index (χ3v) is 3.93. The number of carbonyl (C=O) groups excluding carboxylic acids is 1. The van der Waals surface area contributed by atoms with Crippen LogP contribution in [0.1, 0.15) is 27.2 Å². The first-order valence-corrected chi connectivity index (χ1v) is 7.54. The Hall–Kier alpha value is -1.20. The molecule has 0 bridgehead atoms. The molecule has 0 aromatic heterocycles. The number of nitrogens with two attached hydrogens (primary N) is 1. The van der Waals surface area contributed by atoms with Crippen molar-refractivity contribution in [3.05, 3.63) is 24.3 Å². The molecular formula is C15H23NO3S. The molecule has 1 rings (SSSR count). The van der Waals surface area contributed by atoms with Crippen molar-refractivity contribution >= 4 is 17.7 Å². The Labute approximate surface area is 125 Å². The second kappa shape index (κ2) is 7.55. The molecule has 0 fully saturated rings. The highest BCUT2D eigenvalue weighted by molar-refractivity contribution is 8.00. The van der Waals surface area contributed by atoms with Gasteiger partial charge in [0, 0.05) is 10.1 Å². The van der Waals surface area contributed by atoms with E-state index >= 15 is 0 Å². The van der Waals surface area contributed by atoms with E-state index in [-0.39, 0.29) is 11.2 Å². The van der Waals surface area contributed by atoms with Crippen LogP contribution >= 0.6 is 11.8 Å². The first-order valence-electron chi connectivity index (χ1n) is 6.66. The van der Waals surface area contributed by atoms with Gasteiger partial charge in [-0.3, -0.25) is 4.79 Å². The zero-order valence-corrected chi connectivity index (χ0v) is 13.3. The highest BCUT2D eigenvalue weighted by atomic mass is 32.2. The third-order valence-electron chi connectivity index (χ3n) is 2.83. The maximum absolute atomic E-state index is 11.8. The van der Waals surface area contributed by atoms with Crippen molar-refractivity contribution in [1.29, 1.82) is 0 Å². The summed E-state index contributed by atoms with van der Waals surface area (Å²) in [6.45, 7) is 5.90. The summed E-state index contributed by atoms with van der Waals surface area (Å²) in [6.07, 6.45) is 0.549. The van der Waals surface area contributed by atoms with Crippen LogP contribution in [0.5, 0.6) is 5.75 Å². The Morgan fingerprint density at radius 2 is 2.20 bits per heavy atom. The van der Waals surface area contributed by atoms with Crippen molar-refractivity contribution in [3.63, 3.8) is 0 Å². The number of esters is 1. The molecule has 0 aliphatic rings. The molecule has 0 aliphatic heterocycles. The van der Waals surface area contributed by atoms with Gasteiger partial charge in [0.05, 0.1) is 13.7 Å². The maximum atomic E-state index is 11.8. The molecule has 4 nitrogen and oxygen atoms in total. The molecule has 0 radical (unpaired) electrons. The molecule has 2 unspecified atom stereocenters. The fourth-order valence-corrected chi connectivity index (χ4v) is 3.16. The third kappa shape index (κ3) is 5.06. The molecule has 0 saturated heterocycles. The van der Waals surface area contributed by atoms with Crippen LogP contribution in [0.4, 0.5) is 0 Å². The topological polar surface area (TPSA) is 61.5 Å². The molecule has 2 atom stereocenters. The Morgan fingerprint density at radius 3 is 2.80 bits per heavy atom. The minimum absolute atomic E-state index is 0.196. The summed E-state index contributed by atoms with van der Waals surface area (Å²) in [4.78, 5) is 12.9. The molecule has 112 valence electrons. The average Bonchev–Trinajstić information content (AvgIpc) is 2.38. The normalized spacial score (nSPS) is 15.2. The van der Waals surface area contributed by atoms with Crippen LogP contribution in [-0.4, -0.2) is 30.5 Å². The molecule has 0 amide bonds. The molecule has 0 spiro atoms. The van der Waals surface area contributed by atoms with Crippen molar-refractivity contribution in [1.82, 2.24) is 0 Å². The molecule has 0 heterocycles. The Balaban J connectivity index is 2.62. The number of hydrogen-bond acceptors (Lipinski definition) is 5. The fourth-order valence-electron chi connectivity index (χ4n) is 1.92. The van der Waals surface area contributed by atoms with Crippen LogP contribution in [0.3, 0.4) is 0 Å². The van der Waals surface area contributed by atoms with E-state index in [0.29, 0.717) is 13.0 Å². The number of carbonyl (C=O) groups is 1. The predicted molar refractivity (Wildman–Crippen MR) is 82.2 cm³/mol. The highest BCUT2D eigenvalue weighted by Gasteiger charge is 2.32. The molecule has 1 aromatic carbocycles. The molecule has 5 heteroatoms. The van der Waals surface area contributed by atoms with Gasteiger partial charge in [0.1, 0.15) is 11.3 Å². The number of hydrogen-bond donors (Lipinski definition) is 1. The monoisotopic (exact) mass is 297 g/mol. The smallest absolute Gasteiger partial charge is 0.325 e. The lowest BCUT2D eigenvalue weighted by molar-refractivity contribution is -0.149. The SMILES string of the molecule is CCOC(=O)C(C)(N)CC(C)Sc1cccc(OC)c1. The summed E-state index contributed by atoms with van der Waals surface area (Å²) >= 11 is 1.67. The summed E-state index contributed by atoms with van der Waals surface area (Å²) in [6, 6.07) is 7.84. The molecule has 0 saturated carbocycles. The van der Waals surface area contributed by atoms with Crippen LogP contribution < -0.4 is 10.5 Å². The van der Waals surface area contributed by atoms with E-state index in [1.807, 2.05) is 24.3 Å². The lowest BCUT2D eigenvalue weighted by atomic mass is 9.98. The van der Waals surface area contributed by atoms with E-state index in [2.05, 4.69) is 6.92 Å². The molecular weight excluding hydrogens is 274 g/mol. The minimum atomic E-state index is -0.957. The van der Waals surface area contributed by atoms with Gasteiger partial charge in [0.15, 0.2) is 0 Å². The van der Waals surface area contributed by atoms with Gasteiger partial charge in [-0.05, 0) is 38.5 Å². The van der Waals surface area contributed by atoms with Crippen LogP contribution in [0, 0.1) is 0 Å². The van der Waals surface area contributed by atoms with Crippen molar-refractivity contribution in [2.24, 2.45) is 5.73 Å². The van der Waals surface area contributed by atoms with Crippen LogP contribution in [0.15, 0.2) is 29.2 Å². The molecule has 20 heavy (non-hydrogen) atoms. The predicted octanol–water partition coefficient (Wildman–Crippen LogP) is 2.85. The molecule has 1 aromatic rings. The standard InChI is InChI=1S/C15H23NO3S/c1-5-19-14(17)15(3,16)10-11(2)20-13-8-6-7-12(9-13)18-4/h6-9,11H,5,10,16H2,1-4H3. The van der Waals surface area contributed by atoms with Gasteiger partial charge < -0.3 is 15.2 Å². The number of methoxy groups -OCH3 is 1. The first-order chi connectivity index (χ1) is 9.39. The Bertz CT molecular complexity index is 448. The maximum Gasteiger partial charge on any atom is 0.325 e. The average molecular weight is 297 g/mol. The zero-order valence-electron chi connectivity index (χ0n) is 12.5. The van der Waals surface area contributed by atoms with Crippen molar-refractivity contribution in [3.8, 4) is 5.75 Å². The number of benzene rings is 1. The van der Waals surface area contributed by atoms with Gasteiger partial charge in [-0.25, -0.2) is 0 Å². The largest absolute Gasteiger partial charge is 0.497 e. The number of ether oxygens (including phenoxy) is 2. The van der Waals surface area contributed by atoms with Gasteiger partial charge in [-0.2, -0.15) is 0 Å². The molecule has 2 N–H and O–H groups in total. The van der Waals surface area contributed by atoms with Gasteiger partial charge in [0.25, 0.3) is 0 Å². The van der Waals surface area contributed by atoms with E-state index in [1.54, 1.807) is 32.7 Å². The Kier molecular flexibility index (Phi) is 6.36. The van der Waals surface area contributed by atoms with Crippen LogP contribution in [0.25, 0.3) is 0 Å². The van der Waals surface area contributed by atoms with Crippen molar-refractivity contribution in [2.75, 3.05) is 13.7 Å². The summed E-state index contributed by atoms with van der Waals surface area (Å²) < 4.78 is 10.2. The Morgan fingerprint density at radius 1 is 1.50 bits per heavy atom. The lowest BCUT2D eigenvalue weighted by Crippen LogP contribution is -2.47. The summed E-state index contributed by atoms with van der Waals surface area (Å²) in [7, 11) is 1.64. The minimum Gasteiger partial charge on any atom is -0.497 e. The van der Waals surface area contributed by atoms with E-state index < -0.39 is 5.54 Å². The number of rotatable bonds is 7. The van der Waals surface area contributed by atoms with E-state index in [0.717, 1.165) is 10.6 Å². The fraction of sp³-hybridized carbons (Fsp3) is 0.533. The molecule has 0 aliphatic carbocycles. The zero-order chi connectivity index (χ0) is 15.2. The van der Waals surface area contributed by atoms with Gasteiger partial charge >= 0.3 is 5.97 Å². The first kappa shape index (κ1) is 16.9. The summed E-state index contributed by atoms with van der Waals surface area (Å²) in [5.41, 5.74) is 5.09. The summed E-state index contributed by atoms with van der Waals surface area (Å²) in [5.74, 6) is 0.473.